The molecule has 0 bridgehead atoms. The molecule has 0 saturated heterocycles. The second kappa shape index (κ2) is 5.32. The third kappa shape index (κ3) is 3.22. The maximum absolute atomic E-state index is 11.2. The van der Waals surface area contributed by atoms with Gasteiger partial charge in [0, 0.05) is 11.5 Å². The molecule has 1 aromatic rings. The zero-order valence-electron chi connectivity index (χ0n) is 8.12. The van der Waals surface area contributed by atoms with Crippen molar-refractivity contribution in [1.29, 1.82) is 5.26 Å². The van der Waals surface area contributed by atoms with Crippen LogP contribution in [-0.4, -0.2) is 13.0 Å². The molecule has 0 aliphatic heterocycles. The highest BCUT2D eigenvalue weighted by Gasteiger charge is 2.05. The molecule has 0 aliphatic carbocycles. The average Bonchev–Trinajstić information content (AvgIpc) is 2.27. The molecule has 15 heavy (non-hydrogen) atoms. The summed E-state index contributed by atoms with van der Waals surface area (Å²) in [5.41, 5.74) is 0.915. The minimum Gasteiger partial charge on any atom is -0.354 e. The fourth-order valence-electron chi connectivity index (χ4n) is 1.01. The molecule has 0 fully saturated rings. The van der Waals surface area contributed by atoms with Crippen molar-refractivity contribution in [2.45, 2.75) is 0 Å². The number of hydrogen-bond acceptors (Lipinski definition) is 2. The van der Waals surface area contributed by atoms with E-state index in [0.717, 1.165) is 10.0 Å². The monoisotopic (exact) mass is 264 g/mol. The summed E-state index contributed by atoms with van der Waals surface area (Å²) in [6, 6.07) is 9.20. The molecule has 0 aliphatic rings. The zero-order valence-corrected chi connectivity index (χ0v) is 9.71. The number of halogens is 1. The lowest BCUT2D eigenvalue weighted by molar-refractivity contribution is -0.116. The predicted octanol–water partition coefficient (Wildman–Crippen LogP) is 2.10. The molecule has 1 aromatic carbocycles. The largest absolute Gasteiger partial charge is 0.354 e. The summed E-state index contributed by atoms with van der Waals surface area (Å²) in [5, 5.41) is 11.2. The van der Waals surface area contributed by atoms with Crippen LogP contribution in [0.1, 0.15) is 5.56 Å². The number of nitrogens with one attached hydrogen (secondary N) is 1. The minimum atomic E-state index is -0.375. The third-order valence-corrected chi connectivity index (χ3v) is 2.30. The summed E-state index contributed by atoms with van der Waals surface area (Å²) < 4.78 is 0.957. The first-order valence-corrected chi connectivity index (χ1v) is 5.06. The zero-order chi connectivity index (χ0) is 11.3. The molecule has 1 N–H and O–H groups in total. The quantitative estimate of drug-likeness (QED) is 0.657. The number of carbonyl (C=O) groups is 1. The first kappa shape index (κ1) is 11.5. The van der Waals surface area contributed by atoms with Gasteiger partial charge in [-0.25, -0.2) is 0 Å². The van der Waals surface area contributed by atoms with Crippen molar-refractivity contribution in [1.82, 2.24) is 5.32 Å². The van der Waals surface area contributed by atoms with E-state index in [1.54, 1.807) is 6.08 Å². The van der Waals surface area contributed by atoms with Gasteiger partial charge in [-0.3, -0.25) is 4.79 Å². The molecular weight excluding hydrogens is 256 g/mol. The Balaban J connectivity index is 3.00. The van der Waals surface area contributed by atoms with Crippen molar-refractivity contribution in [2.24, 2.45) is 0 Å². The van der Waals surface area contributed by atoms with Gasteiger partial charge in [-0.05, 0) is 23.8 Å². The number of hydrogen-bond donors (Lipinski definition) is 1. The van der Waals surface area contributed by atoms with E-state index in [4.69, 9.17) is 5.26 Å². The number of nitrogens with zero attached hydrogens (tertiary/aromatic N) is 1. The number of amides is 1. The van der Waals surface area contributed by atoms with E-state index < -0.39 is 0 Å². The standard InChI is InChI=1S/C11H9BrN2O/c1-14-11(15)9(7-13)6-8-2-4-10(12)5-3-8/h2-6H,1H3,(H,14,15)/b9-6-. The van der Waals surface area contributed by atoms with Crippen molar-refractivity contribution in [3.8, 4) is 6.07 Å². The highest BCUT2D eigenvalue weighted by molar-refractivity contribution is 9.10. The van der Waals surface area contributed by atoms with Crippen LogP contribution in [0.25, 0.3) is 6.08 Å². The Kier molecular flexibility index (Phi) is 4.07. The molecule has 0 atom stereocenters. The molecule has 0 saturated carbocycles. The van der Waals surface area contributed by atoms with Gasteiger partial charge in [0.1, 0.15) is 11.6 Å². The topological polar surface area (TPSA) is 52.9 Å². The van der Waals surface area contributed by atoms with Crippen LogP contribution in [0, 0.1) is 11.3 Å². The highest BCUT2D eigenvalue weighted by Crippen LogP contribution is 2.13. The molecule has 0 unspecified atom stereocenters. The summed E-state index contributed by atoms with van der Waals surface area (Å²) in [7, 11) is 1.50. The van der Waals surface area contributed by atoms with Gasteiger partial charge in [0.05, 0.1) is 0 Å². The highest BCUT2D eigenvalue weighted by atomic mass is 79.9. The molecule has 1 rings (SSSR count). The van der Waals surface area contributed by atoms with Gasteiger partial charge in [0.2, 0.25) is 0 Å². The number of benzene rings is 1. The Morgan fingerprint density at radius 2 is 2.07 bits per heavy atom. The molecule has 0 heterocycles. The molecular formula is C11H9BrN2O. The Bertz CT molecular complexity index is 429. The number of nitriles is 1. The van der Waals surface area contributed by atoms with Crippen LogP contribution in [0.2, 0.25) is 0 Å². The van der Waals surface area contributed by atoms with Gasteiger partial charge < -0.3 is 5.32 Å². The molecule has 1 amide bonds. The number of rotatable bonds is 2. The van der Waals surface area contributed by atoms with Gasteiger partial charge in [0.25, 0.3) is 5.91 Å². The number of carbonyl (C=O) groups excluding carboxylic acids is 1. The lowest BCUT2D eigenvalue weighted by Crippen LogP contribution is -2.19. The van der Waals surface area contributed by atoms with Crippen molar-refractivity contribution in [2.75, 3.05) is 7.05 Å². The van der Waals surface area contributed by atoms with Gasteiger partial charge in [0.15, 0.2) is 0 Å². The van der Waals surface area contributed by atoms with Gasteiger partial charge in [-0.1, -0.05) is 28.1 Å². The van der Waals surface area contributed by atoms with E-state index in [1.165, 1.54) is 7.05 Å². The smallest absolute Gasteiger partial charge is 0.261 e. The Hall–Kier alpha value is -1.60. The Morgan fingerprint density at radius 1 is 1.47 bits per heavy atom. The molecule has 0 radical (unpaired) electrons. The van der Waals surface area contributed by atoms with E-state index in [-0.39, 0.29) is 11.5 Å². The minimum absolute atomic E-state index is 0.0971. The van der Waals surface area contributed by atoms with Gasteiger partial charge in [-0.2, -0.15) is 5.26 Å². The van der Waals surface area contributed by atoms with E-state index in [1.807, 2.05) is 30.3 Å². The molecule has 0 spiro atoms. The Morgan fingerprint density at radius 3 is 2.53 bits per heavy atom. The van der Waals surface area contributed by atoms with E-state index in [0.29, 0.717) is 0 Å². The van der Waals surface area contributed by atoms with E-state index in [9.17, 15) is 4.79 Å². The van der Waals surface area contributed by atoms with Gasteiger partial charge >= 0.3 is 0 Å². The first-order chi connectivity index (χ1) is 7.17. The SMILES string of the molecule is CNC(=O)/C(C#N)=C\c1ccc(Br)cc1. The van der Waals surface area contributed by atoms with Crippen LogP contribution in [-0.2, 0) is 4.79 Å². The summed E-state index contributed by atoms with van der Waals surface area (Å²) in [5.74, 6) is -0.375. The molecule has 3 nitrogen and oxygen atoms in total. The predicted molar refractivity (Wildman–Crippen MR) is 61.8 cm³/mol. The summed E-state index contributed by atoms with van der Waals surface area (Å²) in [6.07, 6.45) is 1.55. The third-order valence-electron chi connectivity index (χ3n) is 1.77. The van der Waals surface area contributed by atoms with Gasteiger partial charge in [-0.15, -0.1) is 0 Å². The summed E-state index contributed by atoms with van der Waals surface area (Å²) in [6.45, 7) is 0. The first-order valence-electron chi connectivity index (χ1n) is 4.27. The van der Waals surface area contributed by atoms with E-state index in [2.05, 4.69) is 21.2 Å². The lowest BCUT2D eigenvalue weighted by Gasteiger charge is -1.97. The fourth-order valence-corrected chi connectivity index (χ4v) is 1.27. The van der Waals surface area contributed by atoms with Crippen LogP contribution >= 0.6 is 15.9 Å². The van der Waals surface area contributed by atoms with E-state index >= 15 is 0 Å². The molecule has 4 heteroatoms. The number of likely N-dealkylation sites (N-methyl/N-ethyl adjacent to an activating group) is 1. The second-order valence-corrected chi connectivity index (χ2v) is 3.72. The molecule has 0 aromatic heterocycles. The van der Waals surface area contributed by atoms with Crippen molar-refractivity contribution in [3.05, 3.63) is 39.9 Å². The van der Waals surface area contributed by atoms with Crippen LogP contribution in [0.5, 0.6) is 0 Å². The summed E-state index contributed by atoms with van der Waals surface area (Å²) in [4.78, 5) is 11.2. The summed E-state index contributed by atoms with van der Waals surface area (Å²) >= 11 is 3.31. The van der Waals surface area contributed by atoms with Crippen LogP contribution < -0.4 is 5.32 Å². The second-order valence-electron chi connectivity index (χ2n) is 2.80. The fraction of sp³-hybridized carbons (Fsp3) is 0.0909. The van der Waals surface area contributed by atoms with Crippen molar-refractivity contribution < 1.29 is 4.79 Å². The average molecular weight is 265 g/mol. The van der Waals surface area contributed by atoms with Crippen molar-refractivity contribution >= 4 is 27.9 Å². The normalized spacial score (nSPS) is 10.6. The Labute approximate surface area is 96.5 Å². The molecule has 76 valence electrons. The maximum atomic E-state index is 11.2. The van der Waals surface area contributed by atoms with Crippen LogP contribution in [0.4, 0.5) is 0 Å². The van der Waals surface area contributed by atoms with Crippen LogP contribution in [0.15, 0.2) is 34.3 Å². The lowest BCUT2D eigenvalue weighted by atomic mass is 10.1. The maximum Gasteiger partial charge on any atom is 0.261 e. The van der Waals surface area contributed by atoms with Crippen molar-refractivity contribution in [3.63, 3.8) is 0 Å². The van der Waals surface area contributed by atoms with Crippen LogP contribution in [0.3, 0.4) is 0 Å².